The van der Waals surface area contributed by atoms with E-state index >= 15 is 0 Å². The minimum Gasteiger partial charge on any atom is -0.494 e. The third-order valence-electron chi connectivity index (χ3n) is 5.01. The fourth-order valence-corrected chi connectivity index (χ4v) is 4.54. The number of carbonyl (C=O) groups is 1. The average molecular weight is 480 g/mol. The van der Waals surface area contributed by atoms with Crippen LogP contribution in [0.25, 0.3) is 0 Å². The first-order valence-corrected chi connectivity index (χ1v) is 12.4. The standard InChI is InChI=1S/C24H25N5O4S/c1-2-33-19-12-10-17(11-13-19)27-23-21(8-4-15-26-23)24(30)28-18-6-3-7-20(16-18)34(31,32)29-22-9-5-14-25-22/h3-4,6-8,10-13,15-16H,2,5,9,14H2,1H3,(H,25,29)(H,26,27)(H,28,30). The molecule has 2 aromatic carbocycles. The molecule has 1 aliphatic heterocycles. The van der Waals surface area contributed by atoms with Gasteiger partial charge >= 0.3 is 0 Å². The molecule has 34 heavy (non-hydrogen) atoms. The van der Waals surface area contributed by atoms with Crippen LogP contribution in [0.15, 0.2) is 76.7 Å². The van der Waals surface area contributed by atoms with Gasteiger partial charge in [-0.1, -0.05) is 6.07 Å². The lowest BCUT2D eigenvalue weighted by Crippen LogP contribution is -2.29. The van der Waals surface area contributed by atoms with Gasteiger partial charge in [-0.15, -0.1) is 0 Å². The van der Waals surface area contributed by atoms with Crippen LogP contribution in [0.4, 0.5) is 17.2 Å². The number of ether oxygens (including phenoxy) is 1. The number of rotatable bonds is 8. The van der Waals surface area contributed by atoms with Crippen LogP contribution in [0.2, 0.25) is 0 Å². The highest BCUT2D eigenvalue weighted by Crippen LogP contribution is 2.23. The van der Waals surface area contributed by atoms with Crippen LogP contribution >= 0.6 is 0 Å². The van der Waals surface area contributed by atoms with Crippen LogP contribution in [-0.2, 0) is 10.0 Å². The predicted octanol–water partition coefficient (Wildman–Crippen LogP) is 3.95. The number of hydrogen-bond donors (Lipinski definition) is 3. The SMILES string of the molecule is CCOc1ccc(Nc2ncccc2C(=O)Nc2cccc(S(=O)(=O)NC3=NCCC3)c2)cc1. The van der Waals surface area contributed by atoms with Crippen molar-refractivity contribution in [2.75, 3.05) is 23.8 Å². The molecular weight excluding hydrogens is 454 g/mol. The number of anilines is 3. The zero-order valence-electron chi connectivity index (χ0n) is 18.6. The molecule has 2 heterocycles. The quantitative estimate of drug-likeness (QED) is 0.450. The maximum Gasteiger partial charge on any atom is 0.262 e. The molecule has 1 aliphatic rings. The molecule has 0 bridgehead atoms. The maximum atomic E-state index is 13.0. The zero-order valence-corrected chi connectivity index (χ0v) is 19.4. The number of aliphatic imine (C=N–C) groups is 1. The van der Waals surface area contributed by atoms with Crippen LogP contribution in [-0.4, -0.2) is 38.3 Å². The molecule has 4 rings (SSSR count). The van der Waals surface area contributed by atoms with Gasteiger partial charge in [0.25, 0.3) is 15.9 Å². The summed E-state index contributed by atoms with van der Waals surface area (Å²) in [6.07, 6.45) is 3.01. The second-order valence-corrected chi connectivity index (χ2v) is 9.18. The molecule has 0 saturated heterocycles. The second kappa shape index (κ2) is 10.3. The van der Waals surface area contributed by atoms with Crippen LogP contribution in [0, 0.1) is 0 Å². The Bertz CT molecular complexity index is 1310. The number of nitrogens with one attached hydrogen (secondary N) is 3. The van der Waals surface area contributed by atoms with E-state index in [4.69, 9.17) is 4.74 Å². The van der Waals surface area contributed by atoms with Crippen molar-refractivity contribution in [2.45, 2.75) is 24.7 Å². The number of amides is 1. The third-order valence-corrected chi connectivity index (χ3v) is 6.39. The summed E-state index contributed by atoms with van der Waals surface area (Å²) in [6.45, 7) is 3.10. The number of nitrogens with zero attached hydrogens (tertiary/aromatic N) is 2. The molecule has 9 nitrogen and oxygen atoms in total. The third kappa shape index (κ3) is 5.70. The van der Waals surface area contributed by atoms with Crippen molar-refractivity contribution in [1.29, 1.82) is 0 Å². The molecule has 3 aromatic rings. The molecule has 0 unspecified atom stereocenters. The molecule has 0 fully saturated rings. The Kier molecular flexibility index (Phi) is 7.07. The largest absolute Gasteiger partial charge is 0.494 e. The van der Waals surface area contributed by atoms with Crippen LogP contribution in [0.3, 0.4) is 0 Å². The number of aromatic nitrogens is 1. The van der Waals surface area contributed by atoms with Gasteiger partial charge in [0.15, 0.2) is 0 Å². The van der Waals surface area contributed by atoms with E-state index in [0.29, 0.717) is 42.5 Å². The van der Waals surface area contributed by atoms with E-state index in [-0.39, 0.29) is 4.90 Å². The molecule has 0 atom stereocenters. The Morgan fingerprint density at radius 2 is 1.88 bits per heavy atom. The lowest BCUT2D eigenvalue weighted by atomic mass is 10.2. The van der Waals surface area contributed by atoms with E-state index in [1.54, 1.807) is 30.5 Å². The monoisotopic (exact) mass is 479 g/mol. The molecule has 0 saturated carbocycles. The Labute approximate surface area is 198 Å². The molecule has 0 aliphatic carbocycles. The van der Waals surface area contributed by atoms with Crippen molar-refractivity contribution in [3.8, 4) is 5.75 Å². The Morgan fingerprint density at radius 1 is 1.06 bits per heavy atom. The average Bonchev–Trinajstić information content (AvgIpc) is 3.33. The predicted molar refractivity (Wildman–Crippen MR) is 131 cm³/mol. The Morgan fingerprint density at radius 3 is 2.62 bits per heavy atom. The van der Waals surface area contributed by atoms with Crippen LogP contribution < -0.4 is 20.1 Å². The summed E-state index contributed by atoms with van der Waals surface area (Å²) < 4.78 is 33.3. The van der Waals surface area contributed by atoms with Gasteiger partial charge in [0.2, 0.25) is 0 Å². The molecule has 0 spiro atoms. The maximum absolute atomic E-state index is 13.0. The molecule has 0 radical (unpaired) electrons. The highest BCUT2D eigenvalue weighted by molar-refractivity contribution is 7.90. The number of carbonyl (C=O) groups excluding carboxylic acids is 1. The highest BCUT2D eigenvalue weighted by Gasteiger charge is 2.19. The van der Waals surface area contributed by atoms with E-state index in [9.17, 15) is 13.2 Å². The highest BCUT2D eigenvalue weighted by atomic mass is 32.2. The van der Waals surface area contributed by atoms with Crippen molar-refractivity contribution in [3.63, 3.8) is 0 Å². The zero-order chi connectivity index (χ0) is 24.0. The summed E-state index contributed by atoms with van der Waals surface area (Å²) in [5.41, 5.74) is 1.39. The lowest BCUT2D eigenvalue weighted by Gasteiger charge is -2.13. The van der Waals surface area contributed by atoms with E-state index < -0.39 is 15.9 Å². The lowest BCUT2D eigenvalue weighted by molar-refractivity contribution is 0.102. The summed E-state index contributed by atoms with van der Waals surface area (Å²) >= 11 is 0. The van der Waals surface area contributed by atoms with Crippen molar-refractivity contribution < 1.29 is 17.9 Å². The summed E-state index contributed by atoms with van der Waals surface area (Å²) in [7, 11) is -3.79. The van der Waals surface area contributed by atoms with E-state index in [1.165, 1.54) is 12.1 Å². The van der Waals surface area contributed by atoms with Gasteiger partial charge in [-0.05, 0) is 67.9 Å². The molecule has 10 heteroatoms. The summed E-state index contributed by atoms with van der Waals surface area (Å²) in [6, 6.07) is 16.7. The fraction of sp³-hybridized carbons (Fsp3) is 0.208. The summed E-state index contributed by atoms with van der Waals surface area (Å²) in [4.78, 5) is 21.5. The van der Waals surface area contributed by atoms with Crippen LogP contribution in [0.5, 0.6) is 5.75 Å². The minimum absolute atomic E-state index is 0.0406. The first kappa shape index (κ1) is 23.2. The van der Waals surface area contributed by atoms with E-state index in [1.807, 2.05) is 31.2 Å². The van der Waals surface area contributed by atoms with Gasteiger partial charge in [-0.3, -0.25) is 14.5 Å². The van der Waals surface area contributed by atoms with Gasteiger partial charge in [-0.2, -0.15) is 0 Å². The molecule has 1 amide bonds. The summed E-state index contributed by atoms with van der Waals surface area (Å²) in [5, 5.41) is 5.89. The normalized spacial score (nSPS) is 13.1. The minimum atomic E-state index is -3.79. The molecular formula is C24H25N5O4S. The van der Waals surface area contributed by atoms with Gasteiger partial charge in [0.1, 0.15) is 17.4 Å². The van der Waals surface area contributed by atoms with Crippen molar-refractivity contribution in [2.24, 2.45) is 4.99 Å². The van der Waals surface area contributed by atoms with Crippen molar-refractivity contribution in [3.05, 3.63) is 72.4 Å². The van der Waals surface area contributed by atoms with E-state index in [0.717, 1.165) is 17.9 Å². The summed E-state index contributed by atoms with van der Waals surface area (Å²) in [5.74, 6) is 1.14. The first-order valence-electron chi connectivity index (χ1n) is 10.9. The Balaban J connectivity index is 1.49. The number of sulfonamides is 1. The molecule has 176 valence electrons. The number of amidine groups is 1. The van der Waals surface area contributed by atoms with Crippen molar-refractivity contribution in [1.82, 2.24) is 9.71 Å². The smallest absolute Gasteiger partial charge is 0.262 e. The van der Waals surface area contributed by atoms with Crippen LogP contribution in [0.1, 0.15) is 30.1 Å². The van der Waals surface area contributed by atoms with Gasteiger partial charge in [0.05, 0.1) is 17.1 Å². The second-order valence-electron chi connectivity index (χ2n) is 7.50. The molecule has 3 N–H and O–H groups in total. The van der Waals surface area contributed by atoms with Gasteiger partial charge < -0.3 is 15.4 Å². The van der Waals surface area contributed by atoms with Crippen molar-refractivity contribution >= 4 is 39.0 Å². The van der Waals surface area contributed by atoms with Gasteiger partial charge in [0, 0.05) is 30.5 Å². The number of hydrogen-bond acceptors (Lipinski definition) is 7. The number of pyridine rings is 1. The topological polar surface area (TPSA) is 122 Å². The fourth-order valence-electron chi connectivity index (χ4n) is 3.40. The molecule has 1 aromatic heterocycles. The van der Waals surface area contributed by atoms with Gasteiger partial charge in [-0.25, -0.2) is 13.4 Å². The Hall–Kier alpha value is -3.92. The first-order chi connectivity index (χ1) is 16.4. The number of benzene rings is 2. The van der Waals surface area contributed by atoms with E-state index in [2.05, 4.69) is 25.3 Å².